The average molecular weight is 556 g/mol. The highest BCUT2D eigenvalue weighted by Crippen LogP contribution is 2.40. The molecule has 0 bridgehead atoms. The monoisotopic (exact) mass is 555 g/mol. The fraction of sp³-hybridized carbons (Fsp3) is 0.0263. The topological polar surface area (TPSA) is 38.7 Å². The Hall–Kier alpha value is -5.19. The van der Waals surface area contributed by atoms with Gasteiger partial charge in [0.25, 0.3) is 0 Å². The zero-order chi connectivity index (χ0) is 28.2. The van der Waals surface area contributed by atoms with Gasteiger partial charge in [0.1, 0.15) is 5.69 Å². The molecule has 8 aromatic rings. The first-order chi connectivity index (χ1) is 20.8. The number of aromatic nitrogens is 3. The van der Waals surface area contributed by atoms with Crippen molar-refractivity contribution in [3.8, 4) is 22.8 Å². The molecule has 0 atom stereocenters. The fourth-order valence-corrected chi connectivity index (χ4v) is 7.50. The summed E-state index contributed by atoms with van der Waals surface area (Å²) in [6.45, 7) is 6.09. The van der Waals surface area contributed by atoms with E-state index in [0.29, 0.717) is 5.82 Å². The van der Waals surface area contributed by atoms with Gasteiger partial charge in [0, 0.05) is 47.1 Å². The molecule has 0 aliphatic carbocycles. The number of benzene rings is 5. The molecule has 0 fully saturated rings. The van der Waals surface area contributed by atoms with Crippen LogP contribution in [0.25, 0.3) is 88.4 Å². The van der Waals surface area contributed by atoms with E-state index >= 15 is 0 Å². The van der Waals surface area contributed by atoms with Crippen molar-refractivity contribution in [2.45, 2.75) is 6.92 Å². The summed E-state index contributed by atoms with van der Waals surface area (Å²) in [4.78, 5) is 15.8. The van der Waals surface area contributed by atoms with Crippen LogP contribution in [0.15, 0.2) is 116 Å². The van der Waals surface area contributed by atoms with Crippen molar-refractivity contribution in [2.24, 2.45) is 0 Å². The van der Waals surface area contributed by atoms with Gasteiger partial charge in [0.2, 0.25) is 0 Å². The van der Waals surface area contributed by atoms with E-state index in [1.807, 2.05) is 47.7 Å². The fourth-order valence-electron chi connectivity index (χ4n) is 6.18. The molecule has 3 heterocycles. The van der Waals surface area contributed by atoms with Gasteiger partial charge in [-0.05, 0) is 29.7 Å². The van der Waals surface area contributed by atoms with Gasteiger partial charge < -0.3 is 0 Å². The largest absolute Gasteiger partial charge is 0.243 e. The maximum absolute atomic E-state index is 5.46. The van der Waals surface area contributed by atoms with Crippen LogP contribution in [-0.4, -0.2) is 15.0 Å². The zero-order valence-electron chi connectivity index (χ0n) is 23.0. The van der Waals surface area contributed by atoms with Crippen LogP contribution in [-0.2, 0) is 0 Å². The third kappa shape index (κ3) is 3.62. The summed E-state index contributed by atoms with van der Waals surface area (Å²) >= 11 is 1.82. The highest BCUT2D eigenvalue weighted by atomic mass is 32.1. The van der Waals surface area contributed by atoms with Crippen LogP contribution in [0.4, 0.5) is 0 Å². The summed E-state index contributed by atoms with van der Waals surface area (Å²) in [6.07, 6.45) is 6.19. The van der Waals surface area contributed by atoms with Crippen LogP contribution in [0.5, 0.6) is 0 Å². The lowest BCUT2D eigenvalue weighted by Crippen LogP contribution is -2.17. The number of hydrogen-bond donors (Lipinski definition) is 0. The first kappa shape index (κ1) is 24.6. The Bertz CT molecular complexity index is 2490. The van der Waals surface area contributed by atoms with Crippen LogP contribution < -0.4 is 9.75 Å². The molecule has 0 saturated heterocycles. The Balaban J connectivity index is 1.59. The predicted octanol–water partition coefficient (Wildman–Crippen LogP) is 8.80. The minimum absolute atomic E-state index is 0.628. The molecule has 0 unspecified atom stereocenters. The standard InChI is InChI=1S/C38H25N3S/c1-3-14-31-24(4-2)33-32-25-17-8-9-18-26(25)36(40-35(32)27-19-10-11-20-28(27)37(33)42-31)38-39-30-22-13-12-21-29(30)34(41-38)23-15-6-5-7-16-23/h3-22H,1H2,2H3/b24-4+,31-14+. The molecule has 0 radical (unpaired) electrons. The zero-order valence-corrected chi connectivity index (χ0v) is 23.8. The molecule has 42 heavy (non-hydrogen) atoms. The van der Waals surface area contributed by atoms with Gasteiger partial charge in [-0.2, -0.15) is 0 Å². The van der Waals surface area contributed by atoms with E-state index in [1.165, 1.54) is 30.6 Å². The van der Waals surface area contributed by atoms with E-state index in [2.05, 4.69) is 98.5 Å². The minimum atomic E-state index is 0.628. The highest BCUT2D eigenvalue weighted by Gasteiger charge is 2.20. The number of fused-ring (bicyclic) bond motifs is 9. The molecule has 3 aromatic heterocycles. The van der Waals surface area contributed by atoms with Crippen molar-refractivity contribution in [3.63, 3.8) is 0 Å². The molecule has 198 valence electrons. The van der Waals surface area contributed by atoms with Crippen molar-refractivity contribution >= 4 is 76.9 Å². The molecule has 5 aromatic carbocycles. The number of para-hydroxylation sites is 1. The van der Waals surface area contributed by atoms with E-state index in [1.54, 1.807) is 0 Å². The molecule has 0 N–H and O–H groups in total. The van der Waals surface area contributed by atoms with Gasteiger partial charge in [-0.3, -0.25) is 0 Å². The van der Waals surface area contributed by atoms with Crippen LogP contribution in [0.2, 0.25) is 0 Å². The molecular weight excluding hydrogens is 531 g/mol. The minimum Gasteiger partial charge on any atom is -0.243 e. The summed E-state index contributed by atoms with van der Waals surface area (Å²) < 4.78 is 2.48. The van der Waals surface area contributed by atoms with Gasteiger partial charge in [-0.15, -0.1) is 11.3 Å². The number of thiophene rings is 1. The molecule has 0 aliphatic rings. The molecule has 0 spiro atoms. The van der Waals surface area contributed by atoms with Crippen molar-refractivity contribution in [2.75, 3.05) is 0 Å². The van der Waals surface area contributed by atoms with Gasteiger partial charge in [0.15, 0.2) is 5.82 Å². The molecule has 0 saturated carbocycles. The number of allylic oxidation sites excluding steroid dienone is 1. The smallest absolute Gasteiger partial charge is 0.179 e. The Morgan fingerprint density at radius 2 is 1.29 bits per heavy atom. The first-order valence-electron chi connectivity index (χ1n) is 14.0. The average Bonchev–Trinajstić information content (AvgIpc) is 3.42. The van der Waals surface area contributed by atoms with Crippen molar-refractivity contribution in [3.05, 3.63) is 126 Å². The lowest BCUT2D eigenvalue weighted by atomic mass is 9.96. The van der Waals surface area contributed by atoms with E-state index in [0.717, 1.165) is 49.5 Å². The Morgan fingerprint density at radius 3 is 2.05 bits per heavy atom. The second-order valence-electron chi connectivity index (χ2n) is 10.3. The van der Waals surface area contributed by atoms with Gasteiger partial charge in [-0.25, -0.2) is 15.0 Å². The Labute approximate surface area is 246 Å². The Morgan fingerprint density at radius 1 is 0.619 bits per heavy atom. The summed E-state index contributed by atoms with van der Waals surface area (Å²) in [5.74, 6) is 0.628. The molecule has 0 aliphatic heterocycles. The molecule has 0 amide bonds. The molecule has 8 rings (SSSR count). The van der Waals surface area contributed by atoms with Gasteiger partial charge >= 0.3 is 0 Å². The van der Waals surface area contributed by atoms with E-state index < -0.39 is 0 Å². The molecule has 4 heteroatoms. The third-order valence-corrected chi connectivity index (χ3v) is 9.19. The number of nitrogens with zero attached hydrogens (tertiary/aromatic N) is 3. The quantitative estimate of drug-likeness (QED) is 0.205. The number of rotatable bonds is 3. The van der Waals surface area contributed by atoms with Crippen LogP contribution in [0.3, 0.4) is 0 Å². The number of hydrogen-bond acceptors (Lipinski definition) is 4. The van der Waals surface area contributed by atoms with Crippen molar-refractivity contribution in [1.82, 2.24) is 15.0 Å². The lowest BCUT2D eigenvalue weighted by Gasteiger charge is -2.14. The van der Waals surface area contributed by atoms with Gasteiger partial charge in [-0.1, -0.05) is 116 Å². The summed E-state index contributed by atoms with van der Waals surface area (Å²) in [5.41, 5.74) is 4.63. The third-order valence-electron chi connectivity index (χ3n) is 7.98. The molecular formula is C38H25N3S. The van der Waals surface area contributed by atoms with E-state index in [9.17, 15) is 0 Å². The van der Waals surface area contributed by atoms with Crippen molar-refractivity contribution in [1.29, 1.82) is 0 Å². The van der Waals surface area contributed by atoms with Gasteiger partial charge in [0.05, 0.1) is 16.7 Å². The maximum Gasteiger partial charge on any atom is 0.179 e. The Kier molecular flexibility index (Phi) is 5.69. The molecule has 3 nitrogen and oxygen atoms in total. The highest BCUT2D eigenvalue weighted by molar-refractivity contribution is 7.18. The SMILES string of the molecule is C=C/C=c1/sc2c3ccccc3c3nc(-c4nc(-c5ccccc5)c5ccccc5n4)c4ccccc4c3c2/c1=C/C. The lowest BCUT2D eigenvalue weighted by molar-refractivity contribution is 1.20. The van der Waals surface area contributed by atoms with E-state index in [-0.39, 0.29) is 0 Å². The van der Waals surface area contributed by atoms with Crippen LogP contribution >= 0.6 is 11.3 Å². The second-order valence-corrected chi connectivity index (χ2v) is 11.4. The summed E-state index contributed by atoms with van der Waals surface area (Å²) in [5, 5.41) is 9.18. The summed E-state index contributed by atoms with van der Waals surface area (Å²) in [6, 6.07) is 35.7. The number of pyridine rings is 1. The second kappa shape index (κ2) is 9.72. The normalized spacial score (nSPS) is 12.8. The van der Waals surface area contributed by atoms with E-state index in [4.69, 9.17) is 15.0 Å². The van der Waals surface area contributed by atoms with Crippen LogP contribution in [0.1, 0.15) is 6.92 Å². The maximum atomic E-state index is 5.46. The first-order valence-corrected chi connectivity index (χ1v) is 14.9. The summed E-state index contributed by atoms with van der Waals surface area (Å²) in [7, 11) is 0. The predicted molar refractivity (Wildman–Crippen MR) is 180 cm³/mol. The van der Waals surface area contributed by atoms with Crippen molar-refractivity contribution < 1.29 is 0 Å². The van der Waals surface area contributed by atoms with Crippen LogP contribution in [0, 0.1) is 0 Å².